The van der Waals surface area contributed by atoms with E-state index in [4.69, 9.17) is 14.9 Å². The van der Waals surface area contributed by atoms with Crippen LogP contribution in [0.25, 0.3) is 0 Å². The van der Waals surface area contributed by atoms with Crippen LogP contribution in [0.1, 0.15) is 33.1 Å². The Hall–Kier alpha value is -0.650. The maximum absolute atomic E-state index is 10.7. The minimum absolute atomic E-state index is 0.0176. The summed E-state index contributed by atoms with van der Waals surface area (Å²) in [5.74, 6) is -0.429. The van der Waals surface area contributed by atoms with Crippen molar-refractivity contribution in [3.8, 4) is 0 Å². The minimum atomic E-state index is -0.872. The van der Waals surface area contributed by atoms with Gasteiger partial charge in [0.25, 0.3) is 0 Å². The molecular formula is C12H23NO4. The van der Waals surface area contributed by atoms with Crippen LogP contribution in [-0.4, -0.2) is 47.6 Å². The summed E-state index contributed by atoms with van der Waals surface area (Å²) in [6.07, 6.45) is 1.43. The molecule has 0 bridgehead atoms. The van der Waals surface area contributed by atoms with Gasteiger partial charge in [-0.2, -0.15) is 0 Å². The Kier molecular flexibility index (Phi) is 5.88. The molecule has 0 aromatic rings. The monoisotopic (exact) mass is 245 g/mol. The second kappa shape index (κ2) is 6.93. The van der Waals surface area contributed by atoms with Gasteiger partial charge in [-0.15, -0.1) is 0 Å². The maximum Gasteiger partial charge on any atom is 0.332 e. The van der Waals surface area contributed by atoms with Crippen LogP contribution in [0.2, 0.25) is 0 Å². The molecule has 5 nitrogen and oxygen atoms in total. The van der Waals surface area contributed by atoms with Crippen LogP contribution in [-0.2, 0) is 9.53 Å². The van der Waals surface area contributed by atoms with Crippen LogP contribution < -0.4 is 5.32 Å². The highest BCUT2D eigenvalue weighted by Crippen LogP contribution is 2.19. The first kappa shape index (κ1) is 14.4. The highest BCUT2D eigenvalue weighted by molar-refractivity contribution is 5.72. The van der Waals surface area contributed by atoms with E-state index in [0.29, 0.717) is 25.3 Å². The number of hydrogen-bond donors (Lipinski definition) is 3. The number of carboxylic acid groups (broad SMARTS) is 1. The third-order valence-corrected chi connectivity index (χ3v) is 3.24. The van der Waals surface area contributed by atoms with Crippen molar-refractivity contribution in [2.45, 2.75) is 51.4 Å². The number of nitrogens with one attached hydrogen (secondary N) is 1. The molecule has 3 N–H and O–H groups in total. The molecule has 0 aromatic heterocycles. The molecule has 1 heterocycles. The number of carbonyl (C=O) groups is 1. The summed E-state index contributed by atoms with van der Waals surface area (Å²) in [5, 5.41) is 21.1. The third-order valence-electron chi connectivity index (χ3n) is 3.24. The Bertz CT molecular complexity index is 245. The summed E-state index contributed by atoms with van der Waals surface area (Å²) in [4.78, 5) is 10.7. The van der Waals surface area contributed by atoms with E-state index in [1.807, 2.05) is 0 Å². The molecule has 0 spiro atoms. The van der Waals surface area contributed by atoms with Crippen LogP contribution >= 0.6 is 0 Å². The van der Waals surface area contributed by atoms with Gasteiger partial charge >= 0.3 is 5.97 Å². The first-order chi connectivity index (χ1) is 8.04. The van der Waals surface area contributed by atoms with Gasteiger partial charge in [-0.25, -0.2) is 4.79 Å². The second-order valence-electron chi connectivity index (χ2n) is 4.93. The predicted octanol–water partition coefficient (Wildman–Crippen LogP) is 0.615. The van der Waals surface area contributed by atoms with Gasteiger partial charge in [0, 0.05) is 19.2 Å². The van der Waals surface area contributed by atoms with Crippen molar-refractivity contribution in [1.82, 2.24) is 5.32 Å². The topological polar surface area (TPSA) is 78.8 Å². The van der Waals surface area contributed by atoms with Gasteiger partial charge in [0.1, 0.15) is 0 Å². The lowest BCUT2D eigenvalue weighted by molar-refractivity contribution is -0.149. The maximum atomic E-state index is 10.7. The Balaban J connectivity index is 2.28. The summed E-state index contributed by atoms with van der Waals surface area (Å²) in [5.41, 5.74) is 0. The fourth-order valence-electron chi connectivity index (χ4n) is 2.13. The molecule has 0 amide bonds. The fraction of sp³-hybridized carbons (Fsp3) is 0.917. The molecule has 0 saturated carbocycles. The molecule has 3 unspecified atom stereocenters. The number of rotatable bonds is 7. The average Bonchev–Trinajstić information content (AvgIpc) is 2.72. The molecule has 17 heavy (non-hydrogen) atoms. The Morgan fingerprint density at radius 1 is 1.47 bits per heavy atom. The van der Waals surface area contributed by atoms with Gasteiger partial charge in [0.15, 0.2) is 6.10 Å². The largest absolute Gasteiger partial charge is 0.479 e. The number of aliphatic carboxylic acids is 1. The number of ether oxygens (including phenoxy) is 1. The molecule has 0 radical (unpaired) electrons. The lowest BCUT2D eigenvalue weighted by Crippen LogP contribution is -2.39. The van der Waals surface area contributed by atoms with Gasteiger partial charge in [-0.05, 0) is 25.2 Å². The van der Waals surface area contributed by atoms with Gasteiger partial charge in [0.05, 0.1) is 6.10 Å². The van der Waals surface area contributed by atoms with E-state index in [9.17, 15) is 4.79 Å². The van der Waals surface area contributed by atoms with Gasteiger partial charge in [-0.1, -0.05) is 13.8 Å². The van der Waals surface area contributed by atoms with Crippen molar-refractivity contribution in [2.24, 2.45) is 5.92 Å². The molecule has 1 aliphatic heterocycles. The number of hydrogen-bond acceptors (Lipinski definition) is 4. The molecule has 1 saturated heterocycles. The Morgan fingerprint density at radius 2 is 2.18 bits per heavy atom. The second-order valence-corrected chi connectivity index (χ2v) is 4.93. The number of carboxylic acids is 1. The van der Waals surface area contributed by atoms with Crippen molar-refractivity contribution in [1.29, 1.82) is 0 Å². The zero-order chi connectivity index (χ0) is 12.8. The van der Waals surface area contributed by atoms with Gasteiger partial charge < -0.3 is 20.3 Å². The first-order valence-electron chi connectivity index (χ1n) is 6.27. The van der Waals surface area contributed by atoms with Crippen LogP contribution in [0.5, 0.6) is 0 Å². The molecule has 3 atom stereocenters. The molecule has 5 heteroatoms. The lowest BCUT2D eigenvalue weighted by atomic mass is 10.0. The summed E-state index contributed by atoms with van der Waals surface area (Å²) < 4.78 is 5.41. The quantitative estimate of drug-likeness (QED) is 0.612. The zero-order valence-electron chi connectivity index (χ0n) is 10.6. The van der Waals surface area contributed by atoms with Crippen LogP contribution in [0, 0.1) is 5.92 Å². The minimum Gasteiger partial charge on any atom is -0.479 e. The normalized spacial score (nSPS) is 26.4. The Labute approximate surface area is 102 Å². The van der Waals surface area contributed by atoms with Crippen LogP contribution in [0.3, 0.4) is 0 Å². The van der Waals surface area contributed by atoms with Gasteiger partial charge in [-0.3, -0.25) is 0 Å². The molecule has 100 valence electrons. The molecule has 1 aliphatic rings. The smallest absolute Gasteiger partial charge is 0.332 e. The first-order valence-corrected chi connectivity index (χ1v) is 6.27. The fourth-order valence-corrected chi connectivity index (χ4v) is 2.13. The van der Waals surface area contributed by atoms with E-state index >= 15 is 0 Å². The van der Waals surface area contributed by atoms with E-state index in [2.05, 4.69) is 19.2 Å². The average molecular weight is 245 g/mol. The van der Waals surface area contributed by atoms with Crippen molar-refractivity contribution < 1.29 is 19.7 Å². The van der Waals surface area contributed by atoms with E-state index in [-0.39, 0.29) is 18.8 Å². The molecule has 0 aromatic carbocycles. The zero-order valence-corrected chi connectivity index (χ0v) is 10.6. The predicted molar refractivity (Wildman–Crippen MR) is 63.9 cm³/mol. The number of aliphatic hydroxyl groups excluding tert-OH is 1. The van der Waals surface area contributed by atoms with E-state index in [1.54, 1.807) is 0 Å². The van der Waals surface area contributed by atoms with E-state index in [0.717, 1.165) is 6.42 Å². The summed E-state index contributed by atoms with van der Waals surface area (Å²) in [6, 6.07) is 0.257. The van der Waals surface area contributed by atoms with E-state index < -0.39 is 12.1 Å². The molecular weight excluding hydrogens is 222 g/mol. The van der Waals surface area contributed by atoms with E-state index in [1.165, 1.54) is 0 Å². The van der Waals surface area contributed by atoms with Crippen molar-refractivity contribution >= 4 is 5.97 Å². The SMILES string of the molecule is CC(C)C(CCO)NCC1CCC(C(=O)O)O1. The molecule has 1 rings (SSSR count). The summed E-state index contributed by atoms with van der Waals surface area (Å²) in [6.45, 7) is 5.03. The van der Waals surface area contributed by atoms with Gasteiger partial charge in [0.2, 0.25) is 0 Å². The standard InChI is InChI=1S/C12H23NO4/c1-8(2)10(5-6-14)13-7-9-3-4-11(17-9)12(15)16/h8-11,13-14H,3-7H2,1-2H3,(H,15,16). The molecule has 1 fully saturated rings. The third kappa shape index (κ3) is 4.61. The summed E-state index contributed by atoms with van der Waals surface area (Å²) >= 11 is 0. The number of aliphatic hydroxyl groups is 1. The summed E-state index contributed by atoms with van der Waals surface area (Å²) in [7, 11) is 0. The highest BCUT2D eigenvalue weighted by Gasteiger charge is 2.30. The van der Waals surface area contributed by atoms with Crippen molar-refractivity contribution in [3.63, 3.8) is 0 Å². The highest BCUT2D eigenvalue weighted by atomic mass is 16.5. The molecule has 0 aliphatic carbocycles. The lowest BCUT2D eigenvalue weighted by Gasteiger charge is -2.23. The van der Waals surface area contributed by atoms with Crippen LogP contribution in [0.4, 0.5) is 0 Å². The Morgan fingerprint density at radius 3 is 2.65 bits per heavy atom. The van der Waals surface area contributed by atoms with Crippen LogP contribution in [0.15, 0.2) is 0 Å². The van der Waals surface area contributed by atoms with Crippen molar-refractivity contribution in [2.75, 3.05) is 13.2 Å². The van der Waals surface area contributed by atoms with Crippen molar-refractivity contribution in [3.05, 3.63) is 0 Å².